The lowest BCUT2D eigenvalue weighted by atomic mass is 9.67. The maximum absolute atomic E-state index is 11.8. The molecule has 2 aliphatic carbocycles. The maximum atomic E-state index is 11.8. The minimum absolute atomic E-state index is 0.183. The number of carbonyl (C=O) groups is 1. The molecule has 2 unspecified atom stereocenters. The first-order valence-electron chi connectivity index (χ1n) is 6.86. The van der Waals surface area contributed by atoms with Crippen molar-refractivity contribution in [3.8, 4) is 0 Å². The van der Waals surface area contributed by atoms with E-state index in [0.29, 0.717) is 30.3 Å². The highest BCUT2D eigenvalue weighted by Crippen LogP contribution is 2.39. The zero-order valence-corrected chi connectivity index (χ0v) is 10.5. The molecule has 1 amide bonds. The van der Waals surface area contributed by atoms with Gasteiger partial charge < -0.3 is 11.1 Å². The lowest BCUT2D eigenvalue weighted by Crippen LogP contribution is -2.53. The summed E-state index contributed by atoms with van der Waals surface area (Å²) in [7, 11) is 0. The molecule has 3 nitrogen and oxygen atoms in total. The zero-order valence-electron chi connectivity index (χ0n) is 10.5. The Kier molecular flexibility index (Phi) is 4.21. The number of nitrogens with two attached hydrogens (primary N) is 1. The molecule has 0 aromatic heterocycles. The molecule has 2 aliphatic rings. The molecule has 2 fully saturated rings. The molecule has 0 spiro atoms. The molecule has 0 saturated heterocycles. The molecule has 0 aliphatic heterocycles. The fourth-order valence-electron chi connectivity index (χ4n) is 3.52. The van der Waals surface area contributed by atoms with E-state index >= 15 is 0 Å². The van der Waals surface area contributed by atoms with Gasteiger partial charge in [-0.1, -0.05) is 12.5 Å². The monoisotopic (exact) mass is 236 g/mol. The van der Waals surface area contributed by atoms with Gasteiger partial charge in [0.15, 0.2) is 0 Å². The van der Waals surface area contributed by atoms with E-state index < -0.39 is 0 Å². The van der Waals surface area contributed by atoms with Crippen molar-refractivity contribution in [2.24, 2.45) is 17.6 Å². The van der Waals surface area contributed by atoms with Gasteiger partial charge in [0.2, 0.25) is 5.91 Å². The highest BCUT2D eigenvalue weighted by atomic mass is 16.1. The van der Waals surface area contributed by atoms with Crippen LogP contribution in [0.1, 0.15) is 44.9 Å². The lowest BCUT2D eigenvalue weighted by Gasteiger charge is -2.45. The van der Waals surface area contributed by atoms with Gasteiger partial charge in [-0.05, 0) is 43.9 Å². The Hall–Kier alpha value is -0.830. The average molecular weight is 236 g/mol. The third kappa shape index (κ3) is 3.09. The Morgan fingerprint density at radius 2 is 2.00 bits per heavy atom. The molecule has 0 heterocycles. The zero-order chi connectivity index (χ0) is 12.3. The SMILES string of the molecule is C=CCCC(=O)NC1C2CCCC1CC(N)C2. The van der Waals surface area contributed by atoms with E-state index in [4.69, 9.17) is 5.73 Å². The molecule has 3 N–H and O–H groups in total. The number of hydrogen-bond acceptors (Lipinski definition) is 2. The highest BCUT2D eigenvalue weighted by Gasteiger charge is 2.39. The largest absolute Gasteiger partial charge is 0.353 e. The van der Waals surface area contributed by atoms with Crippen LogP contribution >= 0.6 is 0 Å². The van der Waals surface area contributed by atoms with Gasteiger partial charge in [-0.3, -0.25) is 4.79 Å². The molecule has 17 heavy (non-hydrogen) atoms. The van der Waals surface area contributed by atoms with Gasteiger partial charge in [0, 0.05) is 18.5 Å². The highest BCUT2D eigenvalue weighted by molar-refractivity contribution is 5.76. The van der Waals surface area contributed by atoms with Crippen LogP contribution in [0.5, 0.6) is 0 Å². The summed E-state index contributed by atoms with van der Waals surface area (Å²) in [6, 6.07) is 0.743. The van der Waals surface area contributed by atoms with E-state index in [1.54, 1.807) is 6.08 Å². The summed E-state index contributed by atoms with van der Waals surface area (Å²) in [6.07, 6.45) is 9.09. The van der Waals surface area contributed by atoms with Crippen LogP contribution in [0.4, 0.5) is 0 Å². The number of amides is 1. The average Bonchev–Trinajstić information content (AvgIpc) is 2.27. The van der Waals surface area contributed by atoms with Crippen molar-refractivity contribution in [3.63, 3.8) is 0 Å². The minimum Gasteiger partial charge on any atom is -0.353 e. The normalized spacial score (nSPS) is 36.3. The molecule has 96 valence electrons. The van der Waals surface area contributed by atoms with Gasteiger partial charge in [0.05, 0.1) is 0 Å². The van der Waals surface area contributed by atoms with Crippen LogP contribution in [-0.2, 0) is 4.79 Å². The first-order valence-corrected chi connectivity index (χ1v) is 6.86. The molecule has 0 aromatic rings. The summed E-state index contributed by atoms with van der Waals surface area (Å²) in [5.41, 5.74) is 6.07. The number of fused-ring (bicyclic) bond motifs is 2. The number of carbonyl (C=O) groups excluding carboxylic acids is 1. The van der Waals surface area contributed by atoms with Crippen LogP contribution in [0.15, 0.2) is 12.7 Å². The van der Waals surface area contributed by atoms with Crippen LogP contribution < -0.4 is 11.1 Å². The second-order valence-electron chi connectivity index (χ2n) is 5.60. The van der Waals surface area contributed by atoms with Crippen LogP contribution in [0, 0.1) is 11.8 Å². The molecule has 0 radical (unpaired) electrons. The molecular formula is C14H24N2O. The van der Waals surface area contributed by atoms with Crippen LogP contribution in [0.2, 0.25) is 0 Å². The Bertz CT molecular complexity index is 276. The Balaban J connectivity index is 1.91. The van der Waals surface area contributed by atoms with Crippen molar-refractivity contribution >= 4 is 5.91 Å². The molecular weight excluding hydrogens is 212 g/mol. The van der Waals surface area contributed by atoms with E-state index in [1.807, 2.05) is 0 Å². The third-order valence-corrected chi connectivity index (χ3v) is 4.28. The predicted molar refractivity (Wildman–Crippen MR) is 69.4 cm³/mol. The number of rotatable bonds is 4. The fraction of sp³-hybridized carbons (Fsp3) is 0.786. The molecule has 2 saturated carbocycles. The predicted octanol–water partition coefficient (Wildman–Crippen LogP) is 1.97. The Labute approximate surface area is 104 Å². The van der Waals surface area contributed by atoms with Crippen molar-refractivity contribution < 1.29 is 4.79 Å². The summed E-state index contributed by atoms with van der Waals surface area (Å²) >= 11 is 0. The summed E-state index contributed by atoms with van der Waals surface area (Å²) in [4.78, 5) is 11.8. The van der Waals surface area contributed by atoms with Crippen molar-refractivity contribution in [2.45, 2.75) is 57.0 Å². The van der Waals surface area contributed by atoms with E-state index in [-0.39, 0.29) is 5.91 Å². The van der Waals surface area contributed by atoms with Gasteiger partial charge in [0.1, 0.15) is 0 Å². The maximum Gasteiger partial charge on any atom is 0.220 e. The lowest BCUT2D eigenvalue weighted by molar-refractivity contribution is -0.123. The van der Waals surface area contributed by atoms with E-state index in [1.165, 1.54) is 19.3 Å². The Morgan fingerprint density at radius 1 is 1.35 bits per heavy atom. The fourth-order valence-corrected chi connectivity index (χ4v) is 3.52. The number of nitrogens with one attached hydrogen (secondary N) is 1. The summed E-state index contributed by atoms with van der Waals surface area (Å²) in [5, 5.41) is 3.23. The number of allylic oxidation sites excluding steroid dienone is 1. The standard InChI is InChI=1S/C14H24N2O/c1-2-3-7-13(17)16-14-10-5-4-6-11(14)9-12(15)8-10/h2,10-12,14H,1,3-9,15H2,(H,16,17). The first-order chi connectivity index (χ1) is 8.20. The summed E-state index contributed by atoms with van der Waals surface area (Å²) in [6.45, 7) is 3.65. The molecule has 0 aromatic carbocycles. The topological polar surface area (TPSA) is 55.1 Å². The second kappa shape index (κ2) is 5.67. The van der Waals surface area contributed by atoms with Gasteiger partial charge in [-0.15, -0.1) is 6.58 Å². The first kappa shape index (κ1) is 12.6. The van der Waals surface area contributed by atoms with Gasteiger partial charge in [-0.2, -0.15) is 0 Å². The van der Waals surface area contributed by atoms with Crippen molar-refractivity contribution in [3.05, 3.63) is 12.7 Å². The van der Waals surface area contributed by atoms with Crippen LogP contribution in [0.25, 0.3) is 0 Å². The van der Waals surface area contributed by atoms with Crippen molar-refractivity contribution in [1.82, 2.24) is 5.32 Å². The minimum atomic E-state index is 0.183. The summed E-state index contributed by atoms with van der Waals surface area (Å²) in [5.74, 6) is 1.41. The molecule has 2 rings (SSSR count). The van der Waals surface area contributed by atoms with E-state index in [2.05, 4.69) is 11.9 Å². The molecule has 3 heteroatoms. The van der Waals surface area contributed by atoms with Gasteiger partial charge in [0.25, 0.3) is 0 Å². The van der Waals surface area contributed by atoms with Gasteiger partial charge in [-0.25, -0.2) is 0 Å². The smallest absolute Gasteiger partial charge is 0.220 e. The molecule has 2 atom stereocenters. The molecule has 2 bridgehead atoms. The summed E-state index contributed by atoms with van der Waals surface area (Å²) < 4.78 is 0. The third-order valence-electron chi connectivity index (χ3n) is 4.28. The van der Waals surface area contributed by atoms with E-state index in [9.17, 15) is 4.79 Å². The van der Waals surface area contributed by atoms with Crippen LogP contribution in [-0.4, -0.2) is 18.0 Å². The van der Waals surface area contributed by atoms with Crippen LogP contribution in [0.3, 0.4) is 0 Å². The van der Waals surface area contributed by atoms with Crippen molar-refractivity contribution in [2.75, 3.05) is 0 Å². The van der Waals surface area contributed by atoms with Crippen molar-refractivity contribution in [1.29, 1.82) is 0 Å². The number of hydrogen-bond donors (Lipinski definition) is 2. The van der Waals surface area contributed by atoms with E-state index in [0.717, 1.165) is 19.3 Å². The quantitative estimate of drug-likeness (QED) is 0.733. The Morgan fingerprint density at radius 3 is 2.59 bits per heavy atom. The van der Waals surface area contributed by atoms with Gasteiger partial charge >= 0.3 is 0 Å². The second-order valence-corrected chi connectivity index (χ2v) is 5.60.